The minimum atomic E-state index is -0.180. The number of fused-ring (bicyclic) bond motifs is 1. The number of thiazole rings is 1. The number of hydrogen-bond acceptors (Lipinski definition) is 6. The molecule has 2 aliphatic rings. The van der Waals surface area contributed by atoms with Gasteiger partial charge in [0.05, 0.1) is 11.4 Å². The van der Waals surface area contributed by atoms with E-state index in [2.05, 4.69) is 30.0 Å². The van der Waals surface area contributed by atoms with Crippen LogP contribution < -0.4 is 24.6 Å². The molecule has 5 rings (SSSR count). The molecule has 0 spiro atoms. The summed E-state index contributed by atoms with van der Waals surface area (Å²) in [6, 6.07) is 17.6. The number of carbonyl (C=O) groups excluding carboxylic acids is 1. The van der Waals surface area contributed by atoms with E-state index in [1.165, 1.54) is 23.1 Å². The average Bonchev–Trinajstić information content (AvgIpc) is 3.34. The molecule has 3 heterocycles. The summed E-state index contributed by atoms with van der Waals surface area (Å²) in [4.78, 5) is 31.4. The van der Waals surface area contributed by atoms with Crippen molar-refractivity contribution < 1.29 is 4.79 Å². The lowest BCUT2D eigenvalue weighted by molar-refractivity contribution is -0.112. The highest BCUT2D eigenvalue weighted by molar-refractivity contribution is 8.31. The zero-order valence-corrected chi connectivity index (χ0v) is 21.3. The molecule has 1 aromatic heterocycles. The lowest BCUT2D eigenvalue weighted by Crippen LogP contribution is -2.37. The van der Waals surface area contributed by atoms with Crippen LogP contribution in [-0.4, -0.2) is 21.3 Å². The predicted octanol–water partition coefficient (Wildman–Crippen LogP) is 4.15. The molecule has 3 aromatic rings. The van der Waals surface area contributed by atoms with Gasteiger partial charge in [-0.2, -0.15) is 0 Å². The summed E-state index contributed by atoms with van der Waals surface area (Å²) in [6.07, 6.45) is 4.84. The van der Waals surface area contributed by atoms with Crippen LogP contribution in [0.5, 0.6) is 0 Å². The zero-order valence-electron chi connectivity index (χ0n) is 18.9. The minimum Gasteiger partial charge on any atom is -0.340 e. The topological polar surface area (TPSA) is 45.6 Å². The van der Waals surface area contributed by atoms with E-state index in [1.54, 1.807) is 9.47 Å². The van der Waals surface area contributed by atoms with Gasteiger partial charge in [0.1, 0.15) is 14.1 Å². The van der Waals surface area contributed by atoms with Crippen LogP contribution in [-0.2, 0) is 11.3 Å². The largest absolute Gasteiger partial charge is 0.340 e. The lowest BCUT2D eigenvalue weighted by atomic mass is 10.1. The Balaban J connectivity index is 1.74. The van der Waals surface area contributed by atoms with Crippen molar-refractivity contribution in [1.82, 2.24) is 4.57 Å². The van der Waals surface area contributed by atoms with Crippen molar-refractivity contribution in [2.75, 3.05) is 16.3 Å². The molecule has 1 amide bonds. The van der Waals surface area contributed by atoms with Gasteiger partial charge in [-0.3, -0.25) is 19.1 Å². The Hall–Kier alpha value is -2.94. The number of para-hydroxylation sites is 2. The summed E-state index contributed by atoms with van der Waals surface area (Å²) in [6.45, 7) is 5.38. The quantitative estimate of drug-likeness (QED) is 0.499. The second-order valence-corrected chi connectivity index (χ2v) is 10.5. The Morgan fingerprint density at radius 3 is 2.41 bits per heavy atom. The van der Waals surface area contributed by atoms with Gasteiger partial charge in [0.25, 0.3) is 11.5 Å². The van der Waals surface area contributed by atoms with Gasteiger partial charge in [0.2, 0.25) is 0 Å². The Labute approximate surface area is 211 Å². The number of thiocarbonyl (C=S) groups is 1. The van der Waals surface area contributed by atoms with Crippen molar-refractivity contribution in [3.8, 4) is 0 Å². The van der Waals surface area contributed by atoms with Gasteiger partial charge in [-0.05, 0) is 43.2 Å². The summed E-state index contributed by atoms with van der Waals surface area (Å²) < 4.78 is 3.53. The molecule has 34 heavy (non-hydrogen) atoms. The molecule has 1 saturated heterocycles. The first-order valence-corrected chi connectivity index (χ1v) is 13.2. The first-order chi connectivity index (χ1) is 16.5. The number of thioether (sulfide) groups is 1. The van der Waals surface area contributed by atoms with Gasteiger partial charge in [-0.15, -0.1) is 11.3 Å². The number of hydrogen-bond donors (Lipinski definition) is 0. The highest BCUT2D eigenvalue weighted by Crippen LogP contribution is 2.35. The van der Waals surface area contributed by atoms with Crippen molar-refractivity contribution in [1.29, 1.82) is 0 Å². The summed E-state index contributed by atoms with van der Waals surface area (Å²) in [5.41, 5.74) is 3.74. The summed E-state index contributed by atoms with van der Waals surface area (Å²) in [7, 11) is 0. The van der Waals surface area contributed by atoms with Gasteiger partial charge in [-0.1, -0.05) is 73.4 Å². The number of aromatic nitrogens is 1. The highest BCUT2D eigenvalue weighted by Gasteiger charge is 2.35. The maximum Gasteiger partial charge on any atom is 0.273 e. The van der Waals surface area contributed by atoms with Crippen LogP contribution in [0.4, 0.5) is 11.4 Å². The van der Waals surface area contributed by atoms with E-state index in [0.29, 0.717) is 25.0 Å². The van der Waals surface area contributed by atoms with Gasteiger partial charge in [0, 0.05) is 18.8 Å². The van der Waals surface area contributed by atoms with E-state index in [4.69, 9.17) is 12.2 Å². The normalized spacial score (nSPS) is 18.6. The summed E-state index contributed by atoms with van der Waals surface area (Å²) >= 11 is 8.22. The van der Waals surface area contributed by atoms with Gasteiger partial charge in [-0.25, -0.2) is 0 Å². The van der Waals surface area contributed by atoms with Crippen LogP contribution in [0.1, 0.15) is 25.8 Å². The molecule has 2 aliphatic heterocycles. The molecule has 5 nitrogen and oxygen atoms in total. The second-order valence-electron chi connectivity index (χ2n) is 7.89. The first kappa shape index (κ1) is 22.8. The van der Waals surface area contributed by atoms with Crippen molar-refractivity contribution in [3.05, 3.63) is 85.8 Å². The third-order valence-electron chi connectivity index (χ3n) is 5.80. The van der Waals surface area contributed by atoms with Crippen molar-refractivity contribution in [3.63, 3.8) is 0 Å². The first-order valence-electron chi connectivity index (χ1n) is 11.2. The number of carbonyl (C=O) groups is 1. The second kappa shape index (κ2) is 9.37. The lowest BCUT2D eigenvalue weighted by Gasteiger charge is -2.28. The maximum atomic E-state index is 13.7. The third-order valence-corrected chi connectivity index (χ3v) is 8.49. The fraction of sp³-hybridized carbons (Fsp3) is 0.192. The molecule has 0 bridgehead atoms. The van der Waals surface area contributed by atoms with Crippen molar-refractivity contribution in [2.45, 2.75) is 26.8 Å². The van der Waals surface area contributed by atoms with E-state index >= 15 is 0 Å². The van der Waals surface area contributed by atoms with E-state index in [9.17, 15) is 9.59 Å². The minimum absolute atomic E-state index is 0.0655. The van der Waals surface area contributed by atoms with Crippen molar-refractivity contribution in [2.24, 2.45) is 0 Å². The van der Waals surface area contributed by atoms with E-state index in [-0.39, 0.29) is 11.5 Å². The van der Waals surface area contributed by atoms with Gasteiger partial charge >= 0.3 is 0 Å². The monoisotopic (exact) mass is 505 g/mol. The van der Waals surface area contributed by atoms with E-state index < -0.39 is 0 Å². The molecule has 0 N–H and O–H groups in total. The van der Waals surface area contributed by atoms with Gasteiger partial charge < -0.3 is 4.90 Å². The number of nitrogens with zero attached hydrogens (tertiary/aromatic N) is 3. The fourth-order valence-electron chi connectivity index (χ4n) is 4.27. The number of benzene rings is 2. The highest BCUT2D eigenvalue weighted by atomic mass is 32.2. The molecule has 0 saturated carbocycles. The molecular formula is C26H23N3O2S3. The molecule has 2 aromatic carbocycles. The molecular weight excluding hydrogens is 483 g/mol. The molecule has 8 heteroatoms. The molecule has 0 unspecified atom stereocenters. The average molecular weight is 506 g/mol. The Bertz CT molecular complexity index is 1500. The SMILES string of the molecule is CCCn1c(=O)/c(=C2/C=Cc3ccccc3N2CC)s/c1=C1\SC(=S)N(c2ccccc2)C1=O. The molecule has 0 aliphatic carbocycles. The van der Waals surface area contributed by atoms with Crippen LogP contribution >= 0.6 is 35.3 Å². The number of rotatable bonds is 4. The van der Waals surface area contributed by atoms with Gasteiger partial charge in [0.15, 0.2) is 4.32 Å². The van der Waals surface area contributed by atoms with E-state index in [0.717, 1.165) is 35.6 Å². The van der Waals surface area contributed by atoms with Crippen LogP contribution in [0.2, 0.25) is 0 Å². The van der Waals surface area contributed by atoms with Crippen LogP contribution in [0.3, 0.4) is 0 Å². The molecule has 0 radical (unpaired) electrons. The zero-order chi connectivity index (χ0) is 23.8. The Morgan fingerprint density at radius 1 is 0.941 bits per heavy atom. The number of amides is 1. The van der Waals surface area contributed by atoms with Crippen molar-refractivity contribution >= 4 is 73.6 Å². The van der Waals surface area contributed by atoms with Crippen LogP contribution in [0, 0.1) is 0 Å². The molecule has 0 atom stereocenters. The van der Waals surface area contributed by atoms with Crippen LogP contribution in [0.15, 0.2) is 65.5 Å². The summed E-state index contributed by atoms with van der Waals surface area (Å²) in [5.74, 6) is -0.180. The Kier molecular flexibility index (Phi) is 6.29. The predicted molar refractivity (Wildman–Crippen MR) is 148 cm³/mol. The van der Waals surface area contributed by atoms with E-state index in [1.807, 2.05) is 55.5 Å². The molecule has 172 valence electrons. The maximum absolute atomic E-state index is 13.7. The summed E-state index contributed by atoms with van der Waals surface area (Å²) in [5, 5.41) is 0. The number of anilines is 2. The van der Waals surface area contributed by atoms with Crippen LogP contribution in [0.25, 0.3) is 16.7 Å². The standard InChI is InChI=1S/C26H23N3O2S3/c1-3-16-28-23(30)21(20-15-14-17-10-8-9-13-19(17)27(20)4-2)33-25(28)22-24(31)29(26(32)34-22)18-11-6-5-7-12-18/h5-15H,3-4,16H2,1-2H3/b21-20+,25-22-. The smallest absolute Gasteiger partial charge is 0.273 e. The fourth-order valence-corrected chi connectivity index (χ4v) is 6.92. The number of likely N-dealkylation sites (N-methyl/N-ethyl adjacent to an activating group) is 1. The third kappa shape index (κ3) is 3.76. The molecule has 1 fully saturated rings. The Morgan fingerprint density at radius 2 is 1.68 bits per heavy atom.